The first-order valence-corrected chi connectivity index (χ1v) is 2.73. The molecule has 0 rings (SSSR count). The second-order valence-electron chi connectivity index (χ2n) is 2.70. The highest BCUT2D eigenvalue weighted by atomic mass is 16.6. The van der Waals surface area contributed by atoms with E-state index in [1.54, 1.807) is 20.8 Å². The normalized spacial score (nSPS) is 10.4. The molecular formula is C7H11O2+. The zero-order valence-corrected chi connectivity index (χ0v) is 5.97. The number of carbonyl (C=O) groups excluding carboxylic acids is 1. The third-order valence-corrected chi connectivity index (χ3v) is 0.543. The quantitative estimate of drug-likeness (QED) is 0.301. The molecular weight excluding hydrogens is 116 g/mol. The highest BCUT2D eigenvalue weighted by Crippen LogP contribution is 2.06. The van der Waals surface area contributed by atoms with Crippen molar-refractivity contribution in [2.24, 2.45) is 0 Å². The Morgan fingerprint density at radius 3 is 2.11 bits per heavy atom. The molecule has 0 fully saturated rings. The lowest BCUT2D eigenvalue weighted by Crippen LogP contribution is -2.22. The molecule has 0 saturated heterocycles. The van der Waals surface area contributed by atoms with Crippen LogP contribution >= 0.6 is 0 Å². The van der Waals surface area contributed by atoms with Gasteiger partial charge in [0.2, 0.25) is 6.08 Å². The highest BCUT2D eigenvalue weighted by molar-refractivity contribution is 5.81. The molecule has 50 valence electrons. The third kappa shape index (κ3) is 4.98. The lowest BCUT2D eigenvalue weighted by atomic mass is 10.2. The van der Waals surface area contributed by atoms with Crippen LogP contribution in [0.25, 0.3) is 0 Å². The van der Waals surface area contributed by atoms with E-state index in [-0.39, 0.29) is 0 Å². The molecule has 0 N–H and O–H groups in total. The minimum absolute atomic E-state index is 0.438. The van der Waals surface area contributed by atoms with E-state index in [4.69, 9.17) is 11.3 Å². The first-order chi connectivity index (χ1) is 3.95. The average molecular weight is 127 g/mol. The maximum absolute atomic E-state index is 10.4. The first-order valence-electron chi connectivity index (χ1n) is 2.73. The van der Waals surface area contributed by atoms with Crippen molar-refractivity contribution >= 4 is 5.97 Å². The van der Waals surface area contributed by atoms with Crippen LogP contribution in [0.5, 0.6) is 0 Å². The van der Waals surface area contributed by atoms with Gasteiger partial charge in [-0.25, -0.2) is 0 Å². The zero-order chi connectivity index (χ0) is 7.49. The summed E-state index contributed by atoms with van der Waals surface area (Å²) in [6, 6.07) is 0. The predicted octanol–water partition coefficient (Wildman–Crippen LogP) is 1.32. The standard InChI is InChI=1S/C7H11O2/c1-5-6(8)9-7(2,3)4/h1,5H,2-4H3/q+1. The van der Waals surface area contributed by atoms with Crippen LogP contribution in [0.3, 0.4) is 0 Å². The smallest absolute Gasteiger partial charge is 0.367 e. The van der Waals surface area contributed by atoms with Crippen LogP contribution in [0.2, 0.25) is 0 Å². The molecule has 0 spiro atoms. The van der Waals surface area contributed by atoms with E-state index in [0.717, 1.165) is 6.08 Å². The topological polar surface area (TPSA) is 26.3 Å². The summed E-state index contributed by atoms with van der Waals surface area (Å²) >= 11 is 0. The lowest BCUT2D eigenvalue weighted by Gasteiger charge is -2.12. The van der Waals surface area contributed by atoms with Gasteiger partial charge in [0.05, 0.1) is 6.58 Å². The largest absolute Gasteiger partial charge is 0.484 e. The van der Waals surface area contributed by atoms with Gasteiger partial charge < -0.3 is 4.74 Å². The minimum atomic E-state index is -0.484. The predicted molar refractivity (Wildman–Crippen MR) is 34.7 cm³/mol. The van der Waals surface area contributed by atoms with Crippen LogP contribution in [-0.2, 0) is 9.53 Å². The van der Waals surface area contributed by atoms with Crippen molar-refractivity contribution in [2.75, 3.05) is 0 Å². The van der Waals surface area contributed by atoms with Crippen LogP contribution in [0.15, 0.2) is 6.08 Å². The maximum Gasteiger partial charge on any atom is 0.484 e. The van der Waals surface area contributed by atoms with Gasteiger partial charge >= 0.3 is 5.97 Å². The van der Waals surface area contributed by atoms with Gasteiger partial charge in [-0.05, 0) is 20.8 Å². The SMILES string of the molecule is [CH+]=CC(=O)OC(C)(C)C. The van der Waals surface area contributed by atoms with E-state index in [1.165, 1.54) is 0 Å². The molecule has 0 aliphatic rings. The van der Waals surface area contributed by atoms with Crippen molar-refractivity contribution in [1.29, 1.82) is 0 Å². The van der Waals surface area contributed by atoms with E-state index in [9.17, 15) is 4.79 Å². The van der Waals surface area contributed by atoms with Crippen molar-refractivity contribution in [2.45, 2.75) is 26.4 Å². The van der Waals surface area contributed by atoms with Gasteiger partial charge in [-0.1, -0.05) is 0 Å². The summed E-state index contributed by atoms with van der Waals surface area (Å²) in [6.45, 7) is 10.2. The first kappa shape index (κ1) is 8.12. The van der Waals surface area contributed by atoms with Crippen LogP contribution < -0.4 is 0 Å². The van der Waals surface area contributed by atoms with E-state index in [1.807, 2.05) is 0 Å². The van der Waals surface area contributed by atoms with Gasteiger partial charge in [0.1, 0.15) is 5.60 Å². The van der Waals surface area contributed by atoms with Gasteiger partial charge in [0.15, 0.2) is 0 Å². The Morgan fingerprint density at radius 2 is 2.00 bits per heavy atom. The zero-order valence-electron chi connectivity index (χ0n) is 5.97. The Kier molecular flexibility index (Phi) is 2.35. The summed E-state index contributed by atoms with van der Waals surface area (Å²) in [5, 5.41) is 0. The van der Waals surface area contributed by atoms with Gasteiger partial charge in [-0.2, -0.15) is 0 Å². The molecule has 0 saturated carbocycles. The average Bonchev–Trinajstić information content (AvgIpc) is 1.62. The van der Waals surface area contributed by atoms with Gasteiger partial charge in [0, 0.05) is 0 Å². The number of carbonyl (C=O) groups is 1. The van der Waals surface area contributed by atoms with E-state index in [2.05, 4.69) is 0 Å². The van der Waals surface area contributed by atoms with Crippen molar-refractivity contribution in [3.05, 3.63) is 12.7 Å². The Morgan fingerprint density at radius 1 is 1.56 bits per heavy atom. The fraction of sp³-hybridized carbons (Fsp3) is 0.571. The molecule has 0 aliphatic heterocycles. The van der Waals surface area contributed by atoms with E-state index in [0.29, 0.717) is 0 Å². The Balaban J connectivity index is 3.74. The highest BCUT2D eigenvalue weighted by Gasteiger charge is 2.19. The Bertz CT molecular complexity index is 119. The van der Waals surface area contributed by atoms with Gasteiger partial charge in [0.25, 0.3) is 0 Å². The molecule has 2 heteroatoms. The van der Waals surface area contributed by atoms with Crippen LogP contribution in [0, 0.1) is 6.58 Å². The van der Waals surface area contributed by atoms with Gasteiger partial charge in [-0.3, -0.25) is 0 Å². The second-order valence-corrected chi connectivity index (χ2v) is 2.70. The monoisotopic (exact) mass is 127 g/mol. The van der Waals surface area contributed by atoms with Crippen LogP contribution in [-0.4, -0.2) is 11.6 Å². The van der Waals surface area contributed by atoms with Crippen LogP contribution in [0.4, 0.5) is 0 Å². The molecule has 0 amide bonds. The minimum Gasteiger partial charge on any atom is -0.367 e. The molecule has 0 bridgehead atoms. The Labute approximate surface area is 55.5 Å². The summed E-state index contributed by atoms with van der Waals surface area (Å²) in [5.74, 6) is -0.484. The summed E-state index contributed by atoms with van der Waals surface area (Å²) in [5.41, 5.74) is -0.438. The molecule has 0 heterocycles. The summed E-state index contributed by atoms with van der Waals surface area (Å²) in [6.07, 6.45) is 0.908. The molecule has 0 unspecified atom stereocenters. The fourth-order valence-corrected chi connectivity index (χ4v) is 0.336. The molecule has 9 heavy (non-hydrogen) atoms. The lowest BCUT2D eigenvalue weighted by molar-refractivity contribution is -0.148. The molecule has 0 aromatic carbocycles. The van der Waals surface area contributed by atoms with Crippen LogP contribution in [0.1, 0.15) is 20.8 Å². The number of esters is 1. The number of hydrogen-bond donors (Lipinski definition) is 0. The van der Waals surface area contributed by atoms with Gasteiger partial charge in [-0.15, -0.1) is 4.79 Å². The summed E-state index contributed by atoms with van der Waals surface area (Å²) in [4.78, 5) is 10.4. The molecule has 0 aromatic rings. The van der Waals surface area contributed by atoms with Crippen molar-refractivity contribution in [3.8, 4) is 0 Å². The van der Waals surface area contributed by atoms with E-state index >= 15 is 0 Å². The number of hydrogen-bond acceptors (Lipinski definition) is 2. The molecule has 0 atom stereocenters. The second kappa shape index (κ2) is 2.60. The number of ether oxygens (including phenoxy) is 1. The maximum atomic E-state index is 10.4. The van der Waals surface area contributed by atoms with E-state index < -0.39 is 11.6 Å². The third-order valence-electron chi connectivity index (χ3n) is 0.543. The fourth-order valence-electron chi connectivity index (χ4n) is 0.336. The van der Waals surface area contributed by atoms with Crippen molar-refractivity contribution < 1.29 is 9.53 Å². The summed E-state index contributed by atoms with van der Waals surface area (Å²) in [7, 11) is 0. The molecule has 0 radical (unpaired) electrons. The Hall–Kier alpha value is -0.880. The van der Waals surface area contributed by atoms with Crippen molar-refractivity contribution in [1.82, 2.24) is 0 Å². The van der Waals surface area contributed by atoms with Crippen molar-refractivity contribution in [3.63, 3.8) is 0 Å². The summed E-state index contributed by atoms with van der Waals surface area (Å²) < 4.78 is 4.77. The molecule has 0 aromatic heterocycles. The molecule has 2 nitrogen and oxygen atoms in total. The molecule has 0 aliphatic carbocycles. The number of rotatable bonds is 1.